The third-order valence-corrected chi connectivity index (χ3v) is 3.90. The van der Waals surface area contributed by atoms with E-state index in [-0.39, 0.29) is 5.97 Å². The fourth-order valence-electron chi connectivity index (χ4n) is 2.87. The van der Waals surface area contributed by atoms with Crippen molar-refractivity contribution in [1.82, 2.24) is 4.90 Å². The molecular formula is C16H23NO2. The Morgan fingerprint density at radius 1 is 1.37 bits per heavy atom. The second-order valence-electron chi connectivity index (χ2n) is 6.01. The third kappa shape index (κ3) is 3.35. The van der Waals surface area contributed by atoms with Crippen LogP contribution < -0.4 is 0 Å². The van der Waals surface area contributed by atoms with Crippen LogP contribution >= 0.6 is 0 Å². The maximum absolute atomic E-state index is 11.7. The van der Waals surface area contributed by atoms with Gasteiger partial charge in [0.2, 0.25) is 0 Å². The number of likely N-dealkylation sites (tertiary alicyclic amines) is 1. The van der Waals surface area contributed by atoms with E-state index in [1.54, 1.807) is 0 Å². The van der Waals surface area contributed by atoms with E-state index in [0.29, 0.717) is 5.92 Å². The van der Waals surface area contributed by atoms with E-state index in [1.807, 2.05) is 13.8 Å². The van der Waals surface area contributed by atoms with Crippen molar-refractivity contribution in [1.29, 1.82) is 0 Å². The number of ether oxygens (including phenoxy) is 1. The molecule has 0 aliphatic carbocycles. The molecule has 0 spiro atoms. The highest BCUT2D eigenvalue weighted by Crippen LogP contribution is 2.29. The molecule has 3 heteroatoms. The van der Waals surface area contributed by atoms with Gasteiger partial charge < -0.3 is 9.64 Å². The van der Waals surface area contributed by atoms with Gasteiger partial charge in [-0.25, -0.2) is 0 Å². The van der Waals surface area contributed by atoms with Crippen LogP contribution in [0, 0.1) is 5.41 Å². The first-order valence-corrected chi connectivity index (χ1v) is 6.88. The Morgan fingerprint density at radius 3 is 2.68 bits per heavy atom. The second-order valence-corrected chi connectivity index (χ2v) is 6.01. The summed E-state index contributed by atoms with van der Waals surface area (Å²) in [6, 6.07) is 10.6. The van der Waals surface area contributed by atoms with Crippen molar-refractivity contribution in [2.75, 3.05) is 26.7 Å². The van der Waals surface area contributed by atoms with E-state index in [1.165, 1.54) is 19.1 Å². The molecule has 19 heavy (non-hydrogen) atoms. The van der Waals surface area contributed by atoms with Gasteiger partial charge in [-0.3, -0.25) is 4.79 Å². The molecule has 1 atom stereocenters. The normalized spacial score (nSPS) is 20.5. The van der Waals surface area contributed by atoms with E-state index in [0.717, 1.165) is 19.6 Å². The molecule has 2 rings (SSSR count). The molecule has 1 aromatic carbocycles. The molecule has 0 saturated carbocycles. The van der Waals surface area contributed by atoms with Crippen molar-refractivity contribution in [3.05, 3.63) is 35.9 Å². The van der Waals surface area contributed by atoms with E-state index in [9.17, 15) is 4.79 Å². The van der Waals surface area contributed by atoms with Gasteiger partial charge in [-0.1, -0.05) is 30.3 Å². The average molecular weight is 261 g/mol. The van der Waals surface area contributed by atoms with E-state index >= 15 is 0 Å². The standard InChI is InChI=1S/C16H23NO2/c1-16(2,15(18)19-3)12-17-10-9-14(11-17)13-7-5-4-6-8-13/h4-8,14H,9-12H2,1-3H3. The summed E-state index contributed by atoms with van der Waals surface area (Å²) < 4.78 is 4.87. The molecule has 0 radical (unpaired) electrons. The number of hydrogen-bond donors (Lipinski definition) is 0. The summed E-state index contributed by atoms with van der Waals surface area (Å²) in [6.07, 6.45) is 1.17. The van der Waals surface area contributed by atoms with Crippen molar-refractivity contribution in [2.45, 2.75) is 26.2 Å². The molecule has 1 aliphatic rings. The van der Waals surface area contributed by atoms with Crippen LogP contribution in [0.25, 0.3) is 0 Å². The Balaban J connectivity index is 1.94. The quantitative estimate of drug-likeness (QED) is 0.780. The predicted octanol–water partition coefficient (Wildman–Crippen LogP) is 2.68. The van der Waals surface area contributed by atoms with Crippen LogP contribution in [0.5, 0.6) is 0 Å². The van der Waals surface area contributed by atoms with Crippen molar-refractivity contribution in [3.8, 4) is 0 Å². The Kier molecular flexibility index (Phi) is 4.25. The lowest BCUT2D eigenvalue weighted by atomic mass is 9.93. The fourth-order valence-corrected chi connectivity index (χ4v) is 2.87. The number of rotatable bonds is 4. The zero-order valence-electron chi connectivity index (χ0n) is 12.1. The van der Waals surface area contributed by atoms with Crippen LogP contribution in [-0.4, -0.2) is 37.6 Å². The molecule has 1 unspecified atom stereocenters. The maximum Gasteiger partial charge on any atom is 0.312 e. The second kappa shape index (κ2) is 5.74. The van der Waals surface area contributed by atoms with Gasteiger partial charge in [0.05, 0.1) is 12.5 Å². The van der Waals surface area contributed by atoms with E-state index in [2.05, 4.69) is 35.2 Å². The first kappa shape index (κ1) is 14.1. The minimum Gasteiger partial charge on any atom is -0.469 e. The first-order valence-electron chi connectivity index (χ1n) is 6.88. The van der Waals surface area contributed by atoms with Crippen molar-refractivity contribution in [2.24, 2.45) is 5.41 Å². The number of carbonyl (C=O) groups excluding carboxylic acids is 1. The van der Waals surface area contributed by atoms with Gasteiger partial charge >= 0.3 is 5.97 Å². The molecule has 0 amide bonds. The lowest BCUT2D eigenvalue weighted by molar-refractivity contribution is -0.151. The van der Waals surface area contributed by atoms with Crippen molar-refractivity contribution >= 4 is 5.97 Å². The summed E-state index contributed by atoms with van der Waals surface area (Å²) in [7, 11) is 1.46. The molecule has 104 valence electrons. The highest BCUT2D eigenvalue weighted by molar-refractivity contribution is 5.76. The number of methoxy groups -OCH3 is 1. The fraction of sp³-hybridized carbons (Fsp3) is 0.562. The summed E-state index contributed by atoms with van der Waals surface area (Å²) >= 11 is 0. The SMILES string of the molecule is COC(=O)C(C)(C)CN1CCC(c2ccccc2)C1. The lowest BCUT2D eigenvalue weighted by Gasteiger charge is -2.27. The summed E-state index contributed by atoms with van der Waals surface area (Å²) in [5.41, 5.74) is 0.973. The lowest BCUT2D eigenvalue weighted by Crippen LogP contribution is -2.38. The van der Waals surface area contributed by atoms with Gasteiger partial charge in [0.25, 0.3) is 0 Å². The summed E-state index contributed by atoms with van der Waals surface area (Å²) in [4.78, 5) is 14.1. The van der Waals surface area contributed by atoms with Gasteiger partial charge in [-0.15, -0.1) is 0 Å². The van der Waals surface area contributed by atoms with Gasteiger partial charge in [-0.2, -0.15) is 0 Å². The Hall–Kier alpha value is -1.35. The Morgan fingerprint density at radius 2 is 2.05 bits per heavy atom. The zero-order valence-corrected chi connectivity index (χ0v) is 12.1. The van der Waals surface area contributed by atoms with Crippen LogP contribution in [0.1, 0.15) is 31.7 Å². The van der Waals surface area contributed by atoms with Crippen LogP contribution in [0.15, 0.2) is 30.3 Å². The summed E-state index contributed by atoms with van der Waals surface area (Å²) in [5.74, 6) is 0.463. The molecule has 1 saturated heterocycles. The number of carbonyl (C=O) groups is 1. The minimum absolute atomic E-state index is 0.129. The number of benzene rings is 1. The molecule has 1 aromatic rings. The number of esters is 1. The number of hydrogen-bond acceptors (Lipinski definition) is 3. The number of nitrogens with zero attached hydrogens (tertiary/aromatic N) is 1. The molecular weight excluding hydrogens is 238 g/mol. The predicted molar refractivity (Wildman–Crippen MR) is 76.0 cm³/mol. The van der Waals surface area contributed by atoms with Gasteiger partial charge in [0.1, 0.15) is 0 Å². The smallest absolute Gasteiger partial charge is 0.312 e. The Bertz CT molecular complexity index is 428. The van der Waals surface area contributed by atoms with Crippen molar-refractivity contribution < 1.29 is 9.53 Å². The van der Waals surface area contributed by atoms with E-state index < -0.39 is 5.41 Å². The molecule has 1 aliphatic heterocycles. The third-order valence-electron chi connectivity index (χ3n) is 3.90. The van der Waals surface area contributed by atoms with Gasteiger partial charge in [-0.05, 0) is 38.3 Å². The van der Waals surface area contributed by atoms with Crippen LogP contribution in [0.3, 0.4) is 0 Å². The molecule has 0 bridgehead atoms. The molecule has 0 N–H and O–H groups in total. The summed E-state index contributed by atoms with van der Waals surface area (Å²) in [6.45, 7) is 6.76. The monoisotopic (exact) mass is 261 g/mol. The highest BCUT2D eigenvalue weighted by atomic mass is 16.5. The maximum atomic E-state index is 11.7. The first-order chi connectivity index (χ1) is 9.03. The highest BCUT2D eigenvalue weighted by Gasteiger charge is 2.34. The largest absolute Gasteiger partial charge is 0.469 e. The van der Waals surface area contributed by atoms with Crippen LogP contribution in [0.4, 0.5) is 0 Å². The van der Waals surface area contributed by atoms with Gasteiger partial charge in [0, 0.05) is 13.1 Å². The van der Waals surface area contributed by atoms with Gasteiger partial charge in [0.15, 0.2) is 0 Å². The van der Waals surface area contributed by atoms with Crippen molar-refractivity contribution in [3.63, 3.8) is 0 Å². The molecule has 1 heterocycles. The van der Waals surface area contributed by atoms with Crippen LogP contribution in [0.2, 0.25) is 0 Å². The topological polar surface area (TPSA) is 29.5 Å². The zero-order chi connectivity index (χ0) is 13.9. The summed E-state index contributed by atoms with van der Waals surface area (Å²) in [5, 5.41) is 0. The average Bonchev–Trinajstić information content (AvgIpc) is 2.86. The minimum atomic E-state index is -0.430. The molecule has 1 fully saturated rings. The molecule has 0 aromatic heterocycles. The molecule has 3 nitrogen and oxygen atoms in total. The van der Waals surface area contributed by atoms with Crippen LogP contribution in [-0.2, 0) is 9.53 Å². The Labute approximate surface area is 115 Å². The van der Waals surface area contributed by atoms with E-state index in [4.69, 9.17) is 4.74 Å².